The summed E-state index contributed by atoms with van der Waals surface area (Å²) in [5.74, 6) is 0.206. The lowest BCUT2D eigenvalue weighted by Gasteiger charge is -2.26. The number of carbonyl (C=O) groups is 1. The van der Waals surface area contributed by atoms with Crippen LogP contribution >= 0.6 is 0 Å². The molecule has 0 N–H and O–H groups in total. The van der Waals surface area contributed by atoms with Crippen molar-refractivity contribution >= 4 is 17.5 Å². The average Bonchev–Trinajstić information content (AvgIpc) is 3.00. The molecule has 0 aliphatic heterocycles. The Morgan fingerprint density at radius 2 is 1.51 bits per heavy atom. The Hall–Kier alpha value is -5.33. The van der Waals surface area contributed by atoms with Crippen molar-refractivity contribution in [2.45, 2.75) is 26.4 Å². The second-order valence-electron chi connectivity index (χ2n) is 9.43. The van der Waals surface area contributed by atoms with Crippen LogP contribution in [0.2, 0.25) is 0 Å². The molecule has 0 amide bonds. The highest BCUT2D eigenvalue weighted by Crippen LogP contribution is 2.32. The van der Waals surface area contributed by atoms with Crippen LogP contribution in [0.5, 0.6) is 11.5 Å². The fraction of sp³-hybridized carbons (Fsp3) is 0.233. The summed E-state index contributed by atoms with van der Waals surface area (Å²) in [4.78, 5) is 44.1. The topological polar surface area (TPSA) is 126 Å². The molecule has 3 aromatic carbocycles. The molecule has 1 heterocycles. The molecule has 0 radical (unpaired) electrons. The van der Waals surface area contributed by atoms with Gasteiger partial charge in [0, 0.05) is 24.7 Å². The maximum absolute atomic E-state index is 13.9. The number of aryl methyl sites for hydroxylation is 1. The van der Waals surface area contributed by atoms with Crippen LogP contribution in [-0.4, -0.2) is 41.8 Å². The van der Waals surface area contributed by atoms with E-state index in [0.717, 1.165) is 35.2 Å². The number of halogens is 2. The van der Waals surface area contributed by atoms with E-state index in [2.05, 4.69) is 4.98 Å². The number of nitro benzene ring substituents is 1. The lowest BCUT2D eigenvalue weighted by Crippen LogP contribution is -2.33. The minimum absolute atomic E-state index is 0.0188. The first-order valence-electron chi connectivity index (χ1n) is 12.9. The molecule has 0 fully saturated rings. The number of anilines is 1. The van der Waals surface area contributed by atoms with E-state index in [0.29, 0.717) is 17.6 Å². The molecule has 13 heteroatoms. The number of alkyl halides is 2. The van der Waals surface area contributed by atoms with E-state index in [1.54, 1.807) is 43.4 Å². The van der Waals surface area contributed by atoms with E-state index < -0.39 is 39.7 Å². The van der Waals surface area contributed by atoms with Gasteiger partial charge in [0.1, 0.15) is 23.5 Å². The molecule has 0 aliphatic rings. The molecular weight excluding hydrogens is 566 g/mol. The van der Waals surface area contributed by atoms with Crippen molar-refractivity contribution in [3.05, 3.63) is 115 Å². The van der Waals surface area contributed by atoms with E-state index in [1.807, 2.05) is 24.3 Å². The summed E-state index contributed by atoms with van der Waals surface area (Å²) in [6.07, 6.45) is -1.94. The summed E-state index contributed by atoms with van der Waals surface area (Å²) in [5, 5.41) is 11.9. The van der Waals surface area contributed by atoms with Crippen LogP contribution < -0.4 is 19.9 Å². The zero-order chi connectivity index (χ0) is 31.3. The first-order valence-corrected chi connectivity index (χ1v) is 12.9. The number of hydrogen-bond donors (Lipinski definition) is 0. The van der Waals surface area contributed by atoms with Crippen LogP contribution in [0.3, 0.4) is 0 Å². The van der Waals surface area contributed by atoms with E-state index in [9.17, 15) is 28.5 Å². The second-order valence-corrected chi connectivity index (χ2v) is 9.43. The second kappa shape index (κ2) is 13.1. The van der Waals surface area contributed by atoms with E-state index in [4.69, 9.17) is 14.2 Å². The van der Waals surface area contributed by atoms with Gasteiger partial charge in [0.25, 0.3) is 17.7 Å². The molecular formula is C30H28F2N4O7. The van der Waals surface area contributed by atoms with Gasteiger partial charge >= 0.3 is 5.97 Å². The van der Waals surface area contributed by atoms with Crippen LogP contribution in [0.1, 0.15) is 39.0 Å². The Labute approximate surface area is 245 Å². The summed E-state index contributed by atoms with van der Waals surface area (Å²) in [6, 6.07) is 16.1. The molecule has 1 aromatic heterocycles. The maximum atomic E-state index is 13.9. The molecule has 4 rings (SSSR count). The number of nitro groups is 1. The zero-order valence-corrected chi connectivity index (χ0v) is 23.7. The van der Waals surface area contributed by atoms with Crippen LogP contribution in [0.4, 0.5) is 20.3 Å². The standard InChI is InChI=1S/C30H28F2N4O7/c1-18-13-21(27(31)32)14-24(36(39)40)26(18)35-17-33-28(25(29(35)37)30(38)43-4)34(15-19-5-9-22(41-2)10-6-19)16-20-7-11-23(42-3)12-8-20/h5-14,17,27H,15-16H2,1-4H3. The largest absolute Gasteiger partial charge is 0.497 e. The molecule has 43 heavy (non-hydrogen) atoms. The fourth-order valence-corrected chi connectivity index (χ4v) is 4.60. The third kappa shape index (κ3) is 6.61. The van der Waals surface area contributed by atoms with Crippen molar-refractivity contribution in [2.75, 3.05) is 26.2 Å². The lowest BCUT2D eigenvalue weighted by atomic mass is 10.1. The zero-order valence-electron chi connectivity index (χ0n) is 23.7. The Morgan fingerprint density at radius 3 is 1.95 bits per heavy atom. The number of esters is 1. The minimum Gasteiger partial charge on any atom is -0.497 e. The fourth-order valence-electron chi connectivity index (χ4n) is 4.60. The Balaban J connectivity index is 1.91. The summed E-state index contributed by atoms with van der Waals surface area (Å²) >= 11 is 0. The normalized spacial score (nSPS) is 10.9. The monoisotopic (exact) mass is 594 g/mol. The third-order valence-electron chi connectivity index (χ3n) is 6.70. The summed E-state index contributed by atoms with van der Waals surface area (Å²) < 4.78 is 43.0. The smallest absolute Gasteiger partial charge is 0.347 e. The van der Waals surface area contributed by atoms with Crippen LogP contribution in [0.15, 0.2) is 71.8 Å². The number of ether oxygens (including phenoxy) is 3. The molecule has 11 nitrogen and oxygen atoms in total. The van der Waals surface area contributed by atoms with Gasteiger partial charge in [-0.1, -0.05) is 24.3 Å². The van der Waals surface area contributed by atoms with Gasteiger partial charge in [-0.05, 0) is 53.9 Å². The van der Waals surface area contributed by atoms with Crippen LogP contribution in [0, 0.1) is 17.0 Å². The highest BCUT2D eigenvalue weighted by atomic mass is 19.3. The number of benzene rings is 3. The van der Waals surface area contributed by atoms with Crippen molar-refractivity contribution in [1.29, 1.82) is 0 Å². The van der Waals surface area contributed by atoms with E-state index in [1.165, 1.54) is 6.92 Å². The molecule has 0 spiro atoms. The predicted octanol–water partition coefficient (Wildman–Crippen LogP) is 5.40. The van der Waals surface area contributed by atoms with Gasteiger partial charge in [-0.3, -0.25) is 19.5 Å². The predicted molar refractivity (Wildman–Crippen MR) is 153 cm³/mol. The van der Waals surface area contributed by atoms with Crippen LogP contribution in [-0.2, 0) is 17.8 Å². The van der Waals surface area contributed by atoms with Gasteiger partial charge in [0.05, 0.1) is 26.3 Å². The van der Waals surface area contributed by atoms with Gasteiger partial charge in [-0.2, -0.15) is 0 Å². The number of methoxy groups -OCH3 is 3. The average molecular weight is 595 g/mol. The highest BCUT2D eigenvalue weighted by Gasteiger charge is 2.29. The van der Waals surface area contributed by atoms with Crippen LogP contribution in [0.25, 0.3) is 5.69 Å². The molecule has 0 aliphatic carbocycles. The first kappa shape index (κ1) is 30.6. The van der Waals surface area contributed by atoms with Crippen molar-refractivity contribution in [3.63, 3.8) is 0 Å². The van der Waals surface area contributed by atoms with E-state index >= 15 is 0 Å². The summed E-state index contributed by atoms with van der Waals surface area (Å²) in [5.41, 5.74) is -1.46. The van der Waals surface area contributed by atoms with Crippen molar-refractivity contribution in [1.82, 2.24) is 9.55 Å². The number of aromatic nitrogens is 2. The molecule has 0 unspecified atom stereocenters. The van der Waals surface area contributed by atoms with E-state index in [-0.39, 0.29) is 30.2 Å². The summed E-state index contributed by atoms with van der Waals surface area (Å²) in [6.45, 7) is 1.74. The maximum Gasteiger partial charge on any atom is 0.347 e. The molecule has 4 aromatic rings. The Kier molecular flexibility index (Phi) is 9.33. The molecule has 0 bridgehead atoms. The van der Waals surface area contributed by atoms with Gasteiger partial charge in [-0.15, -0.1) is 0 Å². The molecule has 224 valence electrons. The van der Waals surface area contributed by atoms with Gasteiger partial charge < -0.3 is 19.1 Å². The number of carbonyl (C=O) groups excluding carboxylic acids is 1. The highest BCUT2D eigenvalue weighted by molar-refractivity contribution is 5.94. The minimum atomic E-state index is -2.97. The Morgan fingerprint density at radius 1 is 0.977 bits per heavy atom. The first-order chi connectivity index (χ1) is 20.6. The van der Waals surface area contributed by atoms with Crippen molar-refractivity contribution < 1.29 is 32.7 Å². The van der Waals surface area contributed by atoms with Crippen molar-refractivity contribution in [3.8, 4) is 17.2 Å². The summed E-state index contributed by atoms with van der Waals surface area (Å²) in [7, 11) is 4.17. The number of hydrogen-bond acceptors (Lipinski definition) is 9. The van der Waals surface area contributed by atoms with Gasteiger partial charge in [0.15, 0.2) is 11.4 Å². The SMILES string of the molecule is COC(=O)c1c(N(Cc2ccc(OC)cc2)Cc2ccc(OC)cc2)ncn(-c2c(C)cc(C(F)F)cc2[N+](=O)[O-])c1=O. The Bertz CT molecular complexity index is 1640. The third-order valence-corrected chi connectivity index (χ3v) is 6.70. The number of nitrogens with zero attached hydrogens (tertiary/aromatic N) is 4. The number of rotatable bonds is 11. The lowest BCUT2D eigenvalue weighted by molar-refractivity contribution is -0.384. The van der Waals surface area contributed by atoms with Gasteiger partial charge in [0.2, 0.25) is 0 Å². The molecule has 0 saturated heterocycles. The quantitative estimate of drug-likeness (QED) is 0.127. The molecule has 0 saturated carbocycles. The van der Waals surface area contributed by atoms with Gasteiger partial charge in [-0.25, -0.2) is 18.6 Å². The van der Waals surface area contributed by atoms with Crippen molar-refractivity contribution in [2.24, 2.45) is 0 Å². The molecule has 0 atom stereocenters.